The third-order valence-electron chi connectivity index (χ3n) is 13.3. The fourth-order valence-corrected chi connectivity index (χ4v) is 15.4. The largest absolute Gasteiger partial charge is 1.00 e. The van der Waals surface area contributed by atoms with Crippen molar-refractivity contribution in [1.29, 1.82) is 0 Å². The number of hydrogen-bond acceptors (Lipinski definition) is 0. The Morgan fingerprint density at radius 3 is 0.878 bits per heavy atom. The zero-order valence-corrected chi connectivity index (χ0v) is 47.1. The Balaban J connectivity index is 0.000000149. The van der Waals surface area contributed by atoms with Crippen LogP contribution >= 0.6 is 15.8 Å². The minimum atomic E-state index is -0.714. The van der Waals surface area contributed by atoms with E-state index < -0.39 is 15.8 Å². The van der Waals surface area contributed by atoms with Gasteiger partial charge in [0, 0.05) is 22.1 Å². The Morgan fingerprint density at radius 2 is 0.568 bits per heavy atom. The molecule has 0 saturated carbocycles. The smallest absolute Gasteiger partial charge is 0.366 e. The normalized spacial score (nSPS) is 10.6. The molecule has 0 unspecified atom stereocenters. The molecule has 0 bridgehead atoms. The van der Waals surface area contributed by atoms with Crippen molar-refractivity contribution in [2.75, 3.05) is 12.3 Å². The van der Waals surface area contributed by atoms with E-state index >= 15 is 0 Å². The Kier molecular flexibility index (Phi) is 19.2. The predicted octanol–water partition coefficient (Wildman–Crippen LogP) is 14.9. The van der Waals surface area contributed by atoms with Gasteiger partial charge in [-0.1, -0.05) is 170 Å². The van der Waals surface area contributed by atoms with Crippen molar-refractivity contribution in [2.45, 2.75) is 12.8 Å². The van der Waals surface area contributed by atoms with E-state index in [1.165, 1.54) is 57.2 Å². The van der Waals surface area contributed by atoms with E-state index in [0.717, 1.165) is 55.3 Å². The molecule has 0 atom stereocenters. The van der Waals surface area contributed by atoms with E-state index in [1.807, 2.05) is 60.7 Å². The standard InChI is InChI=1S/C28H28P2.2C20H12N.2Au/c1-5-15-25(16-6-1)29(26-17-7-2-8-18-26)23-13-14-24-30(27-19-9-3-10-20-27)28-21-11-4-12-22-28;2*1-2-15-9-8-13-18-17-12-6-7-14-19(17)21(20(15)18)16-10-4-3-5-11-16;;/h1-12,15-22H,13-14,23-24H2;2*3-14H;;/q;2*-1;2*+1/p+2. The molecule has 2 aromatic heterocycles. The summed E-state index contributed by atoms with van der Waals surface area (Å²) >= 11 is 0. The summed E-state index contributed by atoms with van der Waals surface area (Å²) in [7, 11) is -1.43. The average molecular weight is 1360 g/mol. The first-order valence-electron chi connectivity index (χ1n) is 24.7. The fraction of sp³-hybridized carbons (Fsp3) is 0.0588. The number of fused-ring (bicyclic) bond motifs is 6. The topological polar surface area (TPSA) is 9.86 Å². The van der Waals surface area contributed by atoms with Gasteiger partial charge in [-0.25, -0.2) is 0 Å². The Morgan fingerprint density at radius 1 is 0.297 bits per heavy atom. The van der Waals surface area contributed by atoms with E-state index in [1.54, 1.807) is 0 Å². The molecule has 0 saturated heterocycles. The monoisotopic (exact) mass is 1350 g/mol. The maximum Gasteiger partial charge on any atom is 1.00 e. The molecule has 366 valence electrons. The van der Waals surface area contributed by atoms with Crippen molar-refractivity contribution in [3.8, 4) is 23.2 Å². The second-order valence-corrected chi connectivity index (χ2v) is 22.9. The van der Waals surface area contributed by atoms with Crippen molar-refractivity contribution in [1.82, 2.24) is 9.13 Å². The minimum Gasteiger partial charge on any atom is -0.366 e. The summed E-state index contributed by atoms with van der Waals surface area (Å²) < 4.78 is 4.42. The Hall–Kier alpha value is -6.74. The first kappa shape index (κ1) is 53.5. The van der Waals surface area contributed by atoms with Gasteiger partial charge in [-0.3, -0.25) is 11.8 Å². The molecule has 0 amide bonds. The summed E-state index contributed by atoms with van der Waals surface area (Å²) in [6.45, 7) is 0. The molecule has 2 nitrogen and oxygen atoms in total. The second kappa shape index (κ2) is 26.5. The minimum absolute atomic E-state index is 0. The maximum absolute atomic E-state index is 7.60. The van der Waals surface area contributed by atoms with Crippen LogP contribution in [0.5, 0.6) is 0 Å². The molecular weight excluding hydrogens is 1300 g/mol. The van der Waals surface area contributed by atoms with Crippen LogP contribution in [0.1, 0.15) is 24.0 Å². The number of nitrogens with zero attached hydrogens (tertiary/aromatic N) is 2. The van der Waals surface area contributed by atoms with Gasteiger partial charge in [-0.2, -0.15) is 0 Å². The zero-order chi connectivity index (χ0) is 48.9. The number of para-hydroxylation sites is 6. The van der Waals surface area contributed by atoms with Crippen molar-refractivity contribution in [3.63, 3.8) is 0 Å². The van der Waals surface area contributed by atoms with Gasteiger partial charge in [-0.05, 0) is 120 Å². The molecule has 6 heteroatoms. The molecule has 0 N–H and O–H groups in total. The van der Waals surface area contributed by atoms with Gasteiger partial charge in [0.05, 0.1) is 60.4 Å². The van der Waals surface area contributed by atoms with Crippen molar-refractivity contribution >= 4 is 80.7 Å². The molecular formula is C68H54Au2N2P2+2. The van der Waals surface area contributed by atoms with E-state index in [-0.39, 0.29) is 44.8 Å². The maximum atomic E-state index is 7.60. The molecule has 0 fully saturated rings. The van der Waals surface area contributed by atoms with E-state index in [9.17, 15) is 0 Å². The summed E-state index contributed by atoms with van der Waals surface area (Å²) in [6, 6.07) is 93.9. The molecule has 12 aromatic rings. The zero-order valence-electron chi connectivity index (χ0n) is 40.7. The number of hydrogen-bond donors (Lipinski definition) is 0. The quantitative estimate of drug-likeness (QED) is 0.0402. The molecule has 0 aliphatic rings. The van der Waals surface area contributed by atoms with Crippen molar-refractivity contribution in [2.24, 2.45) is 0 Å². The third kappa shape index (κ3) is 11.9. The SMILES string of the molecule is [Au+].[Au+].[C-]#Cc1cccc2c3ccccc3n(-c3ccccc3)c12.[C-]#Cc1cccc2c3ccccc3n(-c3ccccc3)c12.c1ccc([PH+](CCCC[PH+](c2ccccc2)c2ccccc2)c2ccccc2)cc1. The predicted molar refractivity (Wildman–Crippen MR) is 314 cm³/mol. The second-order valence-electron chi connectivity index (χ2n) is 17.7. The number of rotatable bonds is 11. The van der Waals surface area contributed by atoms with Gasteiger partial charge < -0.3 is 22.0 Å². The van der Waals surface area contributed by atoms with Gasteiger partial charge in [0.25, 0.3) is 0 Å². The van der Waals surface area contributed by atoms with Crippen LogP contribution in [-0.4, -0.2) is 21.5 Å². The number of benzene rings is 10. The van der Waals surface area contributed by atoms with Gasteiger partial charge in [-0.15, -0.1) is 23.3 Å². The van der Waals surface area contributed by atoms with Crippen LogP contribution in [-0.2, 0) is 44.8 Å². The van der Waals surface area contributed by atoms with Crippen LogP contribution in [0.2, 0.25) is 0 Å². The first-order chi connectivity index (χ1) is 35.7. The molecule has 2 heterocycles. The average Bonchev–Trinajstić information content (AvgIpc) is 4.00. The summed E-state index contributed by atoms with van der Waals surface area (Å²) in [5, 5.41) is 10.9. The van der Waals surface area contributed by atoms with E-state index in [0.29, 0.717) is 0 Å². The van der Waals surface area contributed by atoms with Gasteiger partial charge in [0.2, 0.25) is 0 Å². The Labute approximate surface area is 470 Å². The van der Waals surface area contributed by atoms with Gasteiger partial charge in [0.15, 0.2) is 0 Å². The van der Waals surface area contributed by atoms with Crippen LogP contribution in [0.4, 0.5) is 0 Å². The van der Waals surface area contributed by atoms with Crippen LogP contribution in [0.3, 0.4) is 0 Å². The molecule has 10 aromatic carbocycles. The molecule has 0 spiro atoms. The summed E-state index contributed by atoms with van der Waals surface area (Å²) in [6.07, 6.45) is 20.4. The van der Waals surface area contributed by atoms with E-state index in [4.69, 9.17) is 12.8 Å². The fourth-order valence-electron chi connectivity index (χ4n) is 10.0. The van der Waals surface area contributed by atoms with Gasteiger partial charge >= 0.3 is 44.8 Å². The molecule has 74 heavy (non-hydrogen) atoms. The van der Waals surface area contributed by atoms with Crippen LogP contribution < -0.4 is 21.2 Å². The van der Waals surface area contributed by atoms with Crippen LogP contribution in [0, 0.1) is 24.7 Å². The summed E-state index contributed by atoms with van der Waals surface area (Å²) in [5.74, 6) is 5.14. The Bertz CT molecular complexity index is 3440. The molecule has 0 radical (unpaired) electrons. The number of aromatic nitrogens is 2. The summed E-state index contributed by atoms with van der Waals surface area (Å²) in [5.41, 5.74) is 8.22. The summed E-state index contributed by atoms with van der Waals surface area (Å²) in [4.78, 5) is 0. The molecule has 12 rings (SSSR count). The van der Waals surface area contributed by atoms with Gasteiger partial charge in [0.1, 0.15) is 0 Å². The van der Waals surface area contributed by atoms with Crippen molar-refractivity contribution in [3.05, 3.63) is 291 Å². The van der Waals surface area contributed by atoms with Crippen LogP contribution in [0.25, 0.3) is 55.0 Å². The van der Waals surface area contributed by atoms with E-state index in [2.05, 4.69) is 227 Å². The number of unbranched alkanes of at least 4 members (excludes halogenated alkanes) is 1. The molecule has 0 aliphatic heterocycles. The van der Waals surface area contributed by atoms with Crippen LogP contribution in [0.15, 0.2) is 267 Å². The third-order valence-corrected chi connectivity index (χ3v) is 19.1. The first-order valence-corrected chi connectivity index (χ1v) is 28.1. The van der Waals surface area contributed by atoms with Crippen molar-refractivity contribution < 1.29 is 44.8 Å². The molecule has 0 aliphatic carbocycles.